The second-order valence-electron chi connectivity index (χ2n) is 15.0. The van der Waals surface area contributed by atoms with E-state index in [-0.39, 0.29) is 0 Å². The fourth-order valence-corrected chi connectivity index (χ4v) is 9.18. The molecule has 6 aromatic rings. The lowest BCUT2D eigenvalue weighted by atomic mass is 9.81. The van der Waals surface area contributed by atoms with Crippen LogP contribution < -0.4 is 4.90 Å². The molecule has 0 heterocycles. The second-order valence-corrected chi connectivity index (χ2v) is 18.0. The maximum Gasteiger partial charge on any atom is 0.0618 e. The predicted molar refractivity (Wildman–Crippen MR) is 253 cm³/mol. The first-order chi connectivity index (χ1) is 27.0. The van der Waals surface area contributed by atoms with Crippen molar-refractivity contribution >= 4 is 66.3 Å². The van der Waals surface area contributed by atoms with Crippen LogP contribution >= 0.6 is 43.6 Å². The van der Waals surface area contributed by atoms with Gasteiger partial charge in [-0.25, -0.2) is 0 Å². The van der Waals surface area contributed by atoms with Gasteiger partial charge in [0, 0.05) is 41.2 Å². The van der Waals surface area contributed by atoms with Crippen LogP contribution in [0.4, 0.5) is 17.1 Å². The van der Waals surface area contributed by atoms with Crippen LogP contribution in [-0.4, -0.2) is 0 Å². The van der Waals surface area contributed by atoms with Crippen LogP contribution in [0, 0.1) is 0 Å². The number of rotatable bonds is 13. The van der Waals surface area contributed by atoms with Crippen LogP contribution in [0.2, 0.25) is 0 Å². The average molecular weight is 882 g/mol. The monoisotopic (exact) mass is 879 g/mol. The molecule has 0 fully saturated rings. The highest BCUT2D eigenvalue weighted by atomic mass is 79.9. The van der Waals surface area contributed by atoms with Gasteiger partial charge in [-0.15, -0.1) is 0 Å². The molecule has 0 aliphatic rings. The summed E-state index contributed by atoms with van der Waals surface area (Å²) in [5.74, 6) is 1.11. The first-order valence-corrected chi connectivity index (χ1v) is 21.9. The lowest BCUT2D eigenvalue weighted by Gasteiger charge is -2.32. The first-order valence-electron chi connectivity index (χ1n) is 19.5. The van der Waals surface area contributed by atoms with Gasteiger partial charge in [0.05, 0.1) is 5.69 Å². The van der Waals surface area contributed by atoms with Gasteiger partial charge in [-0.3, -0.25) is 0 Å². The van der Waals surface area contributed by atoms with Crippen LogP contribution in [0.3, 0.4) is 0 Å². The molecule has 0 aliphatic carbocycles. The van der Waals surface area contributed by atoms with Gasteiger partial charge in [0.2, 0.25) is 0 Å². The zero-order valence-corrected chi connectivity index (χ0v) is 37.5. The Kier molecular flexibility index (Phi) is 13.8. The molecule has 0 saturated carbocycles. The molecule has 284 valence electrons. The summed E-state index contributed by atoms with van der Waals surface area (Å²) >= 11 is 9.39. The molecule has 6 aromatic carbocycles. The normalized spacial score (nSPS) is 12.0. The van der Waals surface area contributed by atoms with E-state index in [2.05, 4.69) is 231 Å². The summed E-state index contributed by atoms with van der Waals surface area (Å²) in [6, 6.07) is 46.8. The third kappa shape index (κ3) is 9.43. The summed E-state index contributed by atoms with van der Waals surface area (Å²) in [6.45, 7) is 20.0. The Morgan fingerprint density at radius 3 is 1.89 bits per heavy atom. The molecule has 56 heavy (non-hydrogen) atoms. The van der Waals surface area contributed by atoms with E-state index in [0.717, 1.165) is 48.3 Å². The Labute approximate surface area is 356 Å². The smallest absolute Gasteiger partial charge is 0.0618 e. The second kappa shape index (κ2) is 18.7. The van der Waals surface area contributed by atoms with Crippen molar-refractivity contribution in [3.8, 4) is 22.3 Å². The molecule has 0 aromatic heterocycles. The van der Waals surface area contributed by atoms with E-state index in [0.29, 0.717) is 17.8 Å². The molecule has 0 unspecified atom stereocenters. The SMILES string of the molecule is C=C/C=C\C(=C/C)c1cccc(-c2ccccc2)c1N(c1cccc(Br)c1)c1cc(Sc2cccc(Br)c2)cc(-c2c(C(C)C)cc(C(C)C)cc2C(C)C)c1. The van der Waals surface area contributed by atoms with Gasteiger partial charge in [0.15, 0.2) is 0 Å². The average Bonchev–Trinajstić information content (AvgIpc) is 3.18. The third-order valence-electron chi connectivity index (χ3n) is 10.0. The van der Waals surface area contributed by atoms with Crippen molar-refractivity contribution < 1.29 is 0 Å². The Hall–Kier alpha value is -4.35. The van der Waals surface area contributed by atoms with E-state index in [1.807, 2.05) is 12.2 Å². The third-order valence-corrected chi connectivity index (χ3v) is 12.0. The van der Waals surface area contributed by atoms with E-state index in [9.17, 15) is 0 Å². The van der Waals surface area contributed by atoms with Crippen LogP contribution in [0.5, 0.6) is 0 Å². The molecular formula is C52H51Br2NS. The Morgan fingerprint density at radius 1 is 0.625 bits per heavy atom. The van der Waals surface area contributed by atoms with Crippen LogP contribution in [0.1, 0.15) is 88.5 Å². The van der Waals surface area contributed by atoms with Gasteiger partial charge in [-0.2, -0.15) is 0 Å². The fourth-order valence-electron chi connectivity index (χ4n) is 7.28. The molecule has 0 atom stereocenters. The van der Waals surface area contributed by atoms with Gasteiger partial charge in [0.1, 0.15) is 0 Å². The van der Waals surface area contributed by atoms with Gasteiger partial charge in [0.25, 0.3) is 0 Å². The minimum Gasteiger partial charge on any atom is -0.309 e. The summed E-state index contributed by atoms with van der Waals surface area (Å²) in [7, 11) is 0. The number of hydrogen-bond acceptors (Lipinski definition) is 2. The number of hydrogen-bond donors (Lipinski definition) is 0. The van der Waals surface area contributed by atoms with E-state index in [4.69, 9.17) is 0 Å². The Morgan fingerprint density at radius 2 is 1.29 bits per heavy atom. The number of allylic oxidation sites excluding steroid dienone is 5. The quantitative estimate of drug-likeness (QED) is 0.106. The van der Waals surface area contributed by atoms with Gasteiger partial charge >= 0.3 is 0 Å². The largest absolute Gasteiger partial charge is 0.309 e. The van der Waals surface area contributed by atoms with Crippen molar-refractivity contribution in [2.24, 2.45) is 0 Å². The van der Waals surface area contributed by atoms with Crippen molar-refractivity contribution in [2.75, 3.05) is 4.90 Å². The summed E-state index contributed by atoms with van der Waals surface area (Å²) < 4.78 is 2.08. The summed E-state index contributed by atoms with van der Waals surface area (Å²) in [5.41, 5.74) is 14.5. The molecule has 4 heteroatoms. The first kappa shape index (κ1) is 41.3. The Bertz CT molecular complexity index is 2360. The van der Waals surface area contributed by atoms with E-state index >= 15 is 0 Å². The minimum absolute atomic E-state index is 0.339. The maximum atomic E-state index is 3.99. The number of anilines is 3. The Balaban J connectivity index is 1.77. The van der Waals surface area contributed by atoms with Crippen molar-refractivity contribution in [3.05, 3.63) is 189 Å². The maximum absolute atomic E-state index is 3.99. The van der Waals surface area contributed by atoms with Crippen molar-refractivity contribution in [1.29, 1.82) is 0 Å². The molecule has 0 spiro atoms. The molecule has 0 amide bonds. The van der Waals surface area contributed by atoms with Crippen LogP contribution in [-0.2, 0) is 0 Å². The molecular weight excluding hydrogens is 830 g/mol. The highest BCUT2D eigenvalue weighted by molar-refractivity contribution is 9.10. The zero-order valence-electron chi connectivity index (χ0n) is 33.5. The molecule has 1 nitrogen and oxygen atoms in total. The minimum atomic E-state index is 0.339. The zero-order chi connectivity index (χ0) is 39.9. The van der Waals surface area contributed by atoms with Gasteiger partial charge < -0.3 is 4.90 Å². The molecule has 0 saturated heterocycles. The van der Waals surface area contributed by atoms with Crippen molar-refractivity contribution in [3.63, 3.8) is 0 Å². The topological polar surface area (TPSA) is 3.24 Å². The fraction of sp³-hybridized carbons (Fsp3) is 0.192. The molecule has 6 rings (SSSR count). The van der Waals surface area contributed by atoms with Gasteiger partial charge in [-0.1, -0.05) is 189 Å². The number of halogens is 2. The number of para-hydroxylation sites is 1. The molecule has 0 radical (unpaired) electrons. The lowest BCUT2D eigenvalue weighted by Crippen LogP contribution is -2.14. The molecule has 0 aliphatic heterocycles. The van der Waals surface area contributed by atoms with E-state index < -0.39 is 0 Å². The van der Waals surface area contributed by atoms with Gasteiger partial charge in [-0.05, 0) is 118 Å². The predicted octanol–water partition coefficient (Wildman–Crippen LogP) is 17.7. The van der Waals surface area contributed by atoms with Crippen LogP contribution in [0.15, 0.2) is 177 Å². The number of benzene rings is 6. The summed E-state index contributed by atoms with van der Waals surface area (Å²) in [5, 5.41) is 0. The summed E-state index contributed by atoms with van der Waals surface area (Å²) in [6.07, 6.45) is 8.21. The van der Waals surface area contributed by atoms with E-state index in [1.54, 1.807) is 11.8 Å². The van der Waals surface area contributed by atoms with E-state index in [1.165, 1.54) is 37.6 Å². The lowest BCUT2D eigenvalue weighted by molar-refractivity contribution is 0.807. The molecule has 0 N–H and O–H groups in total. The number of nitrogens with zero attached hydrogens (tertiary/aromatic N) is 1. The summed E-state index contributed by atoms with van der Waals surface area (Å²) in [4.78, 5) is 4.81. The highest BCUT2D eigenvalue weighted by Gasteiger charge is 2.25. The van der Waals surface area contributed by atoms with Crippen molar-refractivity contribution in [1.82, 2.24) is 0 Å². The van der Waals surface area contributed by atoms with Crippen molar-refractivity contribution in [2.45, 2.75) is 76.0 Å². The van der Waals surface area contributed by atoms with Crippen LogP contribution in [0.25, 0.3) is 27.8 Å². The standard InChI is InChI=1S/C52H51Br2NS/c1-9-11-18-37(10-2)47-25-17-26-48(38-19-13-12-14-20-38)52(47)55(43-23-15-21-41(53)31-43)44-27-40(28-46(33-44)56-45-24-16-22-42(54)32-45)51-49(35(5)6)29-39(34(3)4)30-50(51)36(7)8/h9-36H,1H2,2-8H3/b18-11-,37-10+. The highest BCUT2D eigenvalue weighted by Crippen LogP contribution is 2.49. The molecule has 0 bridgehead atoms.